The summed E-state index contributed by atoms with van der Waals surface area (Å²) >= 11 is 0. The third-order valence-corrected chi connectivity index (χ3v) is 4.37. The summed E-state index contributed by atoms with van der Waals surface area (Å²) in [6, 6.07) is 7.52. The average Bonchev–Trinajstić information content (AvgIpc) is 3.19. The van der Waals surface area contributed by atoms with E-state index in [9.17, 15) is 4.79 Å². The van der Waals surface area contributed by atoms with Crippen LogP contribution in [0.4, 0.5) is 0 Å². The minimum Gasteiger partial charge on any atom is -0.371 e. The number of ether oxygens (including phenoxy) is 1. The lowest BCUT2D eigenvalue weighted by Gasteiger charge is -2.21. The summed E-state index contributed by atoms with van der Waals surface area (Å²) in [4.78, 5) is 12.3. The second-order valence-corrected chi connectivity index (χ2v) is 6.43. The number of hydrogen-bond acceptors (Lipinski definition) is 5. The highest BCUT2D eigenvalue weighted by Gasteiger charge is 2.42. The quantitative estimate of drug-likeness (QED) is 0.687. The van der Waals surface area contributed by atoms with Crippen molar-refractivity contribution in [2.75, 3.05) is 6.61 Å². The third kappa shape index (κ3) is 2.54. The molecule has 4 rings (SSSR count). The summed E-state index contributed by atoms with van der Waals surface area (Å²) < 4.78 is 7.14. The molecule has 1 aliphatic heterocycles. The van der Waals surface area contributed by atoms with Crippen molar-refractivity contribution in [3.05, 3.63) is 41.9 Å². The van der Waals surface area contributed by atoms with Gasteiger partial charge in [0.15, 0.2) is 5.69 Å². The average molecular weight is 326 g/mol. The van der Waals surface area contributed by atoms with Crippen LogP contribution in [0.1, 0.15) is 30.0 Å². The second-order valence-electron chi connectivity index (χ2n) is 6.43. The van der Waals surface area contributed by atoms with Crippen molar-refractivity contribution in [2.24, 2.45) is 0 Å². The molecule has 0 saturated carbocycles. The Morgan fingerprint density at radius 2 is 2.25 bits per heavy atom. The second kappa shape index (κ2) is 5.41. The Balaban J connectivity index is 1.45. The van der Waals surface area contributed by atoms with Crippen LogP contribution in [0, 0.1) is 0 Å². The van der Waals surface area contributed by atoms with Crippen LogP contribution < -0.4 is 5.32 Å². The fourth-order valence-electron chi connectivity index (χ4n) is 2.66. The number of aromatic nitrogens is 5. The molecule has 1 saturated heterocycles. The molecule has 3 heterocycles. The molecule has 3 aromatic rings. The molecule has 2 N–H and O–H groups in total. The van der Waals surface area contributed by atoms with Gasteiger partial charge >= 0.3 is 0 Å². The van der Waals surface area contributed by atoms with Crippen molar-refractivity contribution in [1.29, 1.82) is 0 Å². The molecule has 1 aliphatic rings. The van der Waals surface area contributed by atoms with Gasteiger partial charge in [-0.15, -0.1) is 5.10 Å². The minimum atomic E-state index is -0.244. The van der Waals surface area contributed by atoms with Crippen molar-refractivity contribution in [2.45, 2.75) is 32.0 Å². The zero-order chi connectivity index (χ0) is 16.7. The van der Waals surface area contributed by atoms with E-state index in [-0.39, 0.29) is 17.6 Å². The molecule has 0 aliphatic carbocycles. The summed E-state index contributed by atoms with van der Waals surface area (Å²) in [5, 5.41) is 18.9. The SMILES string of the molecule is CC(C)(C1CO1)n1cc(CNC(=O)c2n[nH]c3ccccc23)nn1. The van der Waals surface area contributed by atoms with Crippen LogP contribution in [0.15, 0.2) is 30.5 Å². The Kier molecular flexibility index (Phi) is 3.34. The van der Waals surface area contributed by atoms with E-state index in [0.717, 1.165) is 17.5 Å². The summed E-state index contributed by atoms with van der Waals surface area (Å²) in [5.41, 5.74) is 1.66. The van der Waals surface area contributed by atoms with Crippen LogP contribution in [-0.2, 0) is 16.8 Å². The highest BCUT2D eigenvalue weighted by Crippen LogP contribution is 2.30. The number of carbonyl (C=O) groups is 1. The van der Waals surface area contributed by atoms with Gasteiger partial charge in [-0.3, -0.25) is 9.89 Å². The summed E-state index contributed by atoms with van der Waals surface area (Å²) in [6.07, 6.45) is 2.00. The minimum absolute atomic E-state index is 0.164. The number of nitrogens with one attached hydrogen (secondary N) is 2. The fourth-order valence-corrected chi connectivity index (χ4v) is 2.66. The standard InChI is InChI=1S/C16H18N6O2/c1-16(2,13-9-24-13)22-8-10(18-21-22)7-17-15(23)14-11-5-3-4-6-12(11)19-20-14/h3-6,8,13H,7,9H2,1-2H3,(H,17,23)(H,19,20). The fraction of sp³-hybridized carbons (Fsp3) is 0.375. The van der Waals surface area contributed by atoms with E-state index in [1.807, 2.05) is 30.5 Å². The maximum atomic E-state index is 12.3. The molecule has 8 heteroatoms. The molecule has 124 valence electrons. The van der Waals surface area contributed by atoms with E-state index in [1.54, 1.807) is 4.68 Å². The van der Waals surface area contributed by atoms with Gasteiger partial charge in [0.25, 0.3) is 5.91 Å². The molecule has 24 heavy (non-hydrogen) atoms. The van der Waals surface area contributed by atoms with Crippen LogP contribution in [0.3, 0.4) is 0 Å². The lowest BCUT2D eigenvalue weighted by atomic mass is 10.0. The number of fused-ring (bicyclic) bond motifs is 1. The first-order chi connectivity index (χ1) is 11.6. The molecule has 1 atom stereocenters. The molecule has 0 radical (unpaired) electrons. The molecule has 1 fully saturated rings. The van der Waals surface area contributed by atoms with E-state index in [1.165, 1.54) is 0 Å². The third-order valence-electron chi connectivity index (χ3n) is 4.37. The van der Waals surface area contributed by atoms with Crippen molar-refractivity contribution in [3.8, 4) is 0 Å². The van der Waals surface area contributed by atoms with Crippen molar-refractivity contribution in [3.63, 3.8) is 0 Å². The maximum Gasteiger partial charge on any atom is 0.272 e. The Morgan fingerprint density at radius 1 is 1.46 bits per heavy atom. The Bertz CT molecular complexity index is 893. The Labute approximate surface area is 138 Å². The van der Waals surface area contributed by atoms with E-state index >= 15 is 0 Å². The van der Waals surface area contributed by atoms with Gasteiger partial charge in [0.2, 0.25) is 0 Å². The van der Waals surface area contributed by atoms with Gasteiger partial charge in [0, 0.05) is 5.39 Å². The van der Waals surface area contributed by atoms with Gasteiger partial charge < -0.3 is 10.1 Å². The van der Waals surface area contributed by atoms with Crippen molar-refractivity contribution in [1.82, 2.24) is 30.5 Å². The highest BCUT2D eigenvalue weighted by molar-refractivity contribution is 6.04. The molecule has 1 aromatic carbocycles. The number of carbonyl (C=O) groups excluding carboxylic acids is 1. The smallest absolute Gasteiger partial charge is 0.272 e. The van der Waals surface area contributed by atoms with Crippen LogP contribution in [0.25, 0.3) is 10.9 Å². The topological polar surface area (TPSA) is 101 Å². The molecule has 1 amide bonds. The van der Waals surface area contributed by atoms with Gasteiger partial charge in [-0.25, -0.2) is 4.68 Å². The Morgan fingerprint density at radius 3 is 3.04 bits per heavy atom. The van der Waals surface area contributed by atoms with Crippen LogP contribution in [-0.4, -0.2) is 43.8 Å². The number of aromatic amines is 1. The number of amides is 1. The largest absolute Gasteiger partial charge is 0.371 e. The van der Waals surface area contributed by atoms with E-state index in [4.69, 9.17) is 4.74 Å². The lowest BCUT2D eigenvalue weighted by molar-refractivity contribution is 0.0947. The number of rotatable bonds is 5. The van der Waals surface area contributed by atoms with Gasteiger partial charge in [0.05, 0.1) is 30.4 Å². The molecular formula is C16H18N6O2. The number of para-hydroxylation sites is 1. The van der Waals surface area contributed by atoms with Crippen molar-refractivity contribution >= 4 is 16.8 Å². The number of nitrogens with zero attached hydrogens (tertiary/aromatic N) is 4. The van der Waals surface area contributed by atoms with Gasteiger partial charge in [0.1, 0.15) is 11.8 Å². The number of epoxide rings is 1. The lowest BCUT2D eigenvalue weighted by Crippen LogP contribution is -2.33. The van der Waals surface area contributed by atoms with Gasteiger partial charge in [-0.2, -0.15) is 5.10 Å². The normalized spacial score (nSPS) is 17.2. The number of hydrogen-bond donors (Lipinski definition) is 2. The summed E-state index contributed by atoms with van der Waals surface area (Å²) in [5.74, 6) is -0.244. The molecule has 1 unspecified atom stereocenters. The van der Waals surface area contributed by atoms with E-state index < -0.39 is 0 Å². The first kappa shape index (κ1) is 14.8. The van der Waals surface area contributed by atoms with Crippen LogP contribution >= 0.6 is 0 Å². The first-order valence-corrected chi connectivity index (χ1v) is 7.80. The summed E-state index contributed by atoms with van der Waals surface area (Å²) in [7, 11) is 0. The van der Waals surface area contributed by atoms with Gasteiger partial charge in [-0.05, 0) is 19.9 Å². The highest BCUT2D eigenvalue weighted by atomic mass is 16.6. The zero-order valence-corrected chi connectivity index (χ0v) is 13.5. The predicted molar refractivity (Wildman–Crippen MR) is 86.3 cm³/mol. The van der Waals surface area contributed by atoms with Crippen molar-refractivity contribution < 1.29 is 9.53 Å². The number of benzene rings is 1. The monoisotopic (exact) mass is 326 g/mol. The van der Waals surface area contributed by atoms with E-state index in [0.29, 0.717) is 17.9 Å². The molecule has 0 spiro atoms. The van der Waals surface area contributed by atoms with Gasteiger partial charge in [-0.1, -0.05) is 23.4 Å². The number of H-pyrrole nitrogens is 1. The first-order valence-electron chi connectivity index (χ1n) is 7.80. The maximum absolute atomic E-state index is 12.3. The predicted octanol–water partition coefficient (Wildman–Crippen LogP) is 1.22. The van der Waals surface area contributed by atoms with Crippen LogP contribution in [0.5, 0.6) is 0 Å². The Hall–Kier alpha value is -2.74. The molecule has 0 bridgehead atoms. The van der Waals surface area contributed by atoms with Crippen LogP contribution in [0.2, 0.25) is 0 Å². The molecule has 2 aromatic heterocycles. The zero-order valence-electron chi connectivity index (χ0n) is 13.5. The summed E-state index contributed by atoms with van der Waals surface area (Å²) in [6.45, 7) is 5.14. The molecule has 8 nitrogen and oxygen atoms in total. The van der Waals surface area contributed by atoms with E-state index in [2.05, 4.69) is 39.7 Å². The molecular weight excluding hydrogens is 308 g/mol.